The molecule has 0 aliphatic heterocycles. The Morgan fingerprint density at radius 1 is 1.33 bits per heavy atom. The Balaban J connectivity index is 2.26. The van der Waals surface area contributed by atoms with E-state index in [2.05, 4.69) is 29.4 Å². The average molecular weight is 203 g/mol. The van der Waals surface area contributed by atoms with Crippen LogP contribution in [0.1, 0.15) is 16.8 Å². The standard InChI is InChI=1S/C11H13N3O/c1-9-4-2-3-5-10(9)7-14-11(8-15)6-12-13-14/h2-6,15H,7-8H2,1H3. The first kappa shape index (κ1) is 9.86. The second kappa shape index (κ2) is 4.23. The van der Waals surface area contributed by atoms with Crippen molar-refractivity contribution in [1.29, 1.82) is 0 Å². The second-order valence-corrected chi connectivity index (χ2v) is 3.47. The van der Waals surface area contributed by atoms with E-state index in [1.165, 1.54) is 11.1 Å². The Hall–Kier alpha value is -1.68. The molecular weight excluding hydrogens is 190 g/mol. The number of aromatic nitrogens is 3. The minimum absolute atomic E-state index is 0.0289. The summed E-state index contributed by atoms with van der Waals surface area (Å²) < 4.78 is 1.71. The molecule has 1 N–H and O–H groups in total. The highest BCUT2D eigenvalue weighted by molar-refractivity contribution is 5.25. The highest BCUT2D eigenvalue weighted by Crippen LogP contribution is 2.09. The van der Waals surface area contributed by atoms with Gasteiger partial charge in [-0.25, -0.2) is 4.68 Å². The van der Waals surface area contributed by atoms with Gasteiger partial charge in [-0.15, -0.1) is 5.10 Å². The molecule has 1 aromatic carbocycles. The van der Waals surface area contributed by atoms with Gasteiger partial charge in [0.15, 0.2) is 0 Å². The first-order valence-electron chi connectivity index (χ1n) is 4.84. The fourth-order valence-electron chi connectivity index (χ4n) is 1.48. The van der Waals surface area contributed by atoms with Crippen LogP contribution in [-0.2, 0) is 13.2 Å². The molecule has 0 aliphatic rings. The molecule has 1 heterocycles. The van der Waals surface area contributed by atoms with Crippen LogP contribution in [0.5, 0.6) is 0 Å². The van der Waals surface area contributed by atoms with Gasteiger partial charge in [-0.2, -0.15) is 0 Å². The zero-order chi connectivity index (χ0) is 10.7. The Labute approximate surface area is 88.2 Å². The van der Waals surface area contributed by atoms with Crippen LogP contribution in [0.3, 0.4) is 0 Å². The molecule has 0 radical (unpaired) electrons. The first-order valence-corrected chi connectivity index (χ1v) is 4.84. The molecule has 78 valence electrons. The third-order valence-electron chi connectivity index (χ3n) is 2.44. The van der Waals surface area contributed by atoms with Crippen LogP contribution in [0, 0.1) is 6.92 Å². The van der Waals surface area contributed by atoms with Crippen LogP contribution in [0.25, 0.3) is 0 Å². The normalized spacial score (nSPS) is 10.5. The molecule has 15 heavy (non-hydrogen) atoms. The molecule has 2 rings (SSSR count). The molecule has 2 aromatic rings. The molecule has 0 spiro atoms. The second-order valence-electron chi connectivity index (χ2n) is 3.47. The third kappa shape index (κ3) is 2.05. The molecule has 0 bridgehead atoms. The van der Waals surface area contributed by atoms with Crippen molar-refractivity contribution in [2.45, 2.75) is 20.1 Å². The van der Waals surface area contributed by atoms with E-state index in [4.69, 9.17) is 5.11 Å². The maximum absolute atomic E-state index is 9.05. The number of hydrogen-bond donors (Lipinski definition) is 1. The summed E-state index contributed by atoms with van der Waals surface area (Å²) in [6.07, 6.45) is 1.58. The van der Waals surface area contributed by atoms with E-state index in [0.29, 0.717) is 6.54 Å². The largest absolute Gasteiger partial charge is 0.390 e. The van der Waals surface area contributed by atoms with Gasteiger partial charge in [0.05, 0.1) is 25.0 Å². The van der Waals surface area contributed by atoms with E-state index >= 15 is 0 Å². The molecule has 4 nitrogen and oxygen atoms in total. The lowest BCUT2D eigenvalue weighted by molar-refractivity contribution is 0.269. The fourth-order valence-corrected chi connectivity index (χ4v) is 1.48. The molecule has 0 atom stereocenters. The number of nitrogens with zero attached hydrogens (tertiary/aromatic N) is 3. The summed E-state index contributed by atoms with van der Waals surface area (Å²) >= 11 is 0. The summed E-state index contributed by atoms with van der Waals surface area (Å²) in [6.45, 7) is 2.69. The van der Waals surface area contributed by atoms with Crippen molar-refractivity contribution in [1.82, 2.24) is 15.0 Å². The summed E-state index contributed by atoms with van der Waals surface area (Å²) in [6, 6.07) is 8.12. The highest BCUT2D eigenvalue weighted by atomic mass is 16.3. The molecule has 0 fully saturated rings. The minimum Gasteiger partial charge on any atom is -0.390 e. The van der Waals surface area contributed by atoms with E-state index in [-0.39, 0.29) is 6.61 Å². The number of hydrogen-bond acceptors (Lipinski definition) is 3. The van der Waals surface area contributed by atoms with Crippen molar-refractivity contribution in [3.8, 4) is 0 Å². The molecule has 0 saturated heterocycles. The quantitative estimate of drug-likeness (QED) is 0.813. The molecular formula is C11H13N3O. The lowest BCUT2D eigenvalue weighted by Gasteiger charge is -2.06. The molecule has 4 heteroatoms. The van der Waals surface area contributed by atoms with E-state index in [9.17, 15) is 0 Å². The Bertz CT molecular complexity index is 451. The first-order chi connectivity index (χ1) is 7.31. The Morgan fingerprint density at radius 3 is 2.87 bits per heavy atom. The molecule has 1 aromatic heterocycles. The van der Waals surface area contributed by atoms with Gasteiger partial charge in [-0.1, -0.05) is 29.5 Å². The van der Waals surface area contributed by atoms with Gasteiger partial charge in [-0.3, -0.25) is 0 Å². The van der Waals surface area contributed by atoms with Gasteiger partial charge in [0.2, 0.25) is 0 Å². The van der Waals surface area contributed by atoms with Gasteiger partial charge in [0.1, 0.15) is 0 Å². The topological polar surface area (TPSA) is 50.9 Å². The Kier molecular flexibility index (Phi) is 2.78. The zero-order valence-corrected chi connectivity index (χ0v) is 8.59. The SMILES string of the molecule is Cc1ccccc1Cn1nncc1CO. The van der Waals surface area contributed by atoms with Crippen molar-refractivity contribution in [3.63, 3.8) is 0 Å². The van der Waals surface area contributed by atoms with E-state index in [1.807, 2.05) is 12.1 Å². The van der Waals surface area contributed by atoms with Crippen LogP contribution >= 0.6 is 0 Å². The Morgan fingerprint density at radius 2 is 2.13 bits per heavy atom. The van der Waals surface area contributed by atoms with Crippen molar-refractivity contribution in [2.75, 3.05) is 0 Å². The van der Waals surface area contributed by atoms with E-state index in [1.54, 1.807) is 10.9 Å². The van der Waals surface area contributed by atoms with Crippen molar-refractivity contribution in [3.05, 3.63) is 47.3 Å². The summed E-state index contributed by atoms with van der Waals surface area (Å²) in [5.74, 6) is 0. The van der Waals surface area contributed by atoms with E-state index < -0.39 is 0 Å². The van der Waals surface area contributed by atoms with Crippen LogP contribution in [-0.4, -0.2) is 20.1 Å². The van der Waals surface area contributed by atoms with E-state index in [0.717, 1.165) is 5.69 Å². The minimum atomic E-state index is -0.0289. The molecule has 0 unspecified atom stereocenters. The summed E-state index contributed by atoms with van der Waals surface area (Å²) in [5.41, 5.74) is 3.15. The number of aliphatic hydroxyl groups is 1. The number of rotatable bonds is 3. The number of aryl methyl sites for hydroxylation is 1. The van der Waals surface area contributed by atoms with Crippen LogP contribution in [0.15, 0.2) is 30.5 Å². The maximum atomic E-state index is 9.05. The van der Waals surface area contributed by atoms with Crippen LogP contribution < -0.4 is 0 Å². The van der Waals surface area contributed by atoms with Gasteiger partial charge in [-0.05, 0) is 18.1 Å². The van der Waals surface area contributed by atoms with Gasteiger partial charge >= 0.3 is 0 Å². The van der Waals surface area contributed by atoms with Gasteiger partial charge in [0.25, 0.3) is 0 Å². The van der Waals surface area contributed by atoms with Crippen molar-refractivity contribution < 1.29 is 5.11 Å². The monoisotopic (exact) mass is 203 g/mol. The van der Waals surface area contributed by atoms with Crippen LogP contribution in [0.2, 0.25) is 0 Å². The summed E-state index contributed by atoms with van der Waals surface area (Å²) in [4.78, 5) is 0. The lowest BCUT2D eigenvalue weighted by Crippen LogP contribution is -2.07. The lowest BCUT2D eigenvalue weighted by atomic mass is 10.1. The summed E-state index contributed by atoms with van der Waals surface area (Å²) in [7, 11) is 0. The maximum Gasteiger partial charge on any atom is 0.0866 e. The predicted molar refractivity (Wildman–Crippen MR) is 56.2 cm³/mol. The summed E-state index contributed by atoms with van der Waals surface area (Å²) in [5, 5.41) is 16.8. The smallest absolute Gasteiger partial charge is 0.0866 e. The van der Waals surface area contributed by atoms with Gasteiger partial charge in [0, 0.05) is 0 Å². The molecule has 0 aliphatic carbocycles. The van der Waals surface area contributed by atoms with Crippen molar-refractivity contribution >= 4 is 0 Å². The van der Waals surface area contributed by atoms with Crippen molar-refractivity contribution in [2.24, 2.45) is 0 Å². The number of benzene rings is 1. The van der Waals surface area contributed by atoms with Gasteiger partial charge < -0.3 is 5.11 Å². The number of aliphatic hydroxyl groups excluding tert-OH is 1. The predicted octanol–water partition coefficient (Wildman–Crippen LogP) is 1.13. The fraction of sp³-hybridized carbons (Fsp3) is 0.273. The third-order valence-corrected chi connectivity index (χ3v) is 2.44. The molecule has 0 saturated carbocycles. The highest BCUT2D eigenvalue weighted by Gasteiger charge is 2.04. The zero-order valence-electron chi connectivity index (χ0n) is 8.59. The van der Waals surface area contributed by atoms with Crippen LogP contribution in [0.4, 0.5) is 0 Å². The molecule has 0 amide bonds. The average Bonchev–Trinajstić information content (AvgIpc) is 2.69.